The number of rotatable bonds is 27. The number of hydrogen-bond donors (Lipinski definition) is 1. The van der Waals surface area contributed by atoms with E-state index < -0.39 is 5.97 Å². The highest BCUT2D eigenvalue weighted by molar-refractivity contribution is 6.17. The number of halogens is 1. The first-order valence-corrected chi connectivity index (χ1v) is 16.0. The highest BCUT2D eigenvalue weighted by atomic mass is 35.5. The van der Waals surface area contributed by atoms with E-state index in [0.717, 1.165) is 50.8 Å². The Hall–Kier alpha value is -0.770. The first-order valence-electron chi connectivity index (χ1n) is 15.5. The van der Waals surface area contributed by atoms with Crippen molar-refractivity contribution in [2.24, 2.45) is 0 Å². The van der Waals surface area contributed by atoms with Crippen molar-refractivity contribution in [3.05, 3.63) is 0 Å². The first-order chi connectivity index (χ1) is 17.6. The molecule has 0 aromatic heterocycles. The molecule has 0 saturated heterocycles. The number of carboxylic acids is 1. The molecule has 0 aromatic carbocycles. The van der Waals surface area contributed by atoms with Gasteiger partial charge < -0.3 is 9.84 Å². The molecule has 0 aliphatic carbocycles. The molecule has 0 aromatic rings. The Kier molecular flexibility index (Phi) is 35.5. The minimum Gasteiger partial charge on any atom is -0.481 e. The summed E-state index contributed by atoms with van der Waals surface area (Å²) in [6, 6.07) is 0. The van der Waals surface area contributed by atoms with Crippen molar-refractivity contribution in [3.8, 4) is 0 Å². The summed E-state index contributed by atoms with van der Waals surface area (Å²) >= 11 is 5.60. The minimum absolute atomic E-state index is 0.0183. The van der Waals surface area contributed by atoms with Crippen LogP contribution in [-0.4, -0.2) is 29.5 Å². The number of ether oxygens (including phenoxy) is 1. The van der Waals surface area contributed by atoms with E-state index in [1.54, 1.807) is 0 Å². The van der Waals surface area contributed by atoms with Crippen LogP contribution in [0.15, 0.2) is 0 Å². The van der Waals surface area contributed by atoms with Gasteiger partial charge in [-0.15, -0.1) is 11.6 Å². The number of hydrogen-bond acceptors (Lipinski definition) is 3. The van der Waals surface area contributed by atoms with Gasteiger partial charge in [-0.25, -0.2) is 0 Å². The molecule has 36 heavy (non-hydrogen) atoms. The maximum absolute atomic E-state index is 11.5. The zero-order valence-corrected chi connectivity index (χ0v) is 24.9. The Balaban J connectivity index is 0. The Bertz CT molecular complexity index is 442. The van der Waals surface area contributed by atoms with Gasteiger partial charge in [0, 0.05) is 18.7 Å². The van der Waals surface area contributed by atoms with Crippen molar-refractivity contribution >= 4 is 23.5 Å². The van der Waals surface area contributed by atoms with Crippen molar-refractivity contribution in [1.82, 2.24) is 0 Å². The SMILES string of the molecule is CCCCCCCCCCCC(=O)OCCCCCCCl.CCCCCCCCCCCCC(=O)O. The maximum Gasteiger partial charge on any atom is 0.305 e. The standard InChI is InChI=1S/C18H35ClO2.C13H26O2/c1-2-3-4-5-6-7-8-9-12-15-18(20)21-17-14-11-10-13-16-19;1-2-3-4-5-6-7-8-9-10-11-12-13(14)15/h2-17H2,1H3;2-12H2,1H3,(H,14,15). The molecule has 0 rings (SSSR count). The molecule has 0 heterocycles. The van der Waals surface area contributed by atoms with Crippen molar-refractivity contribution in [1.29, 1.82) is 0 Å². The zero-order chi connectivity index (χ0) is 27.0. The lowest BCUT2D eigenvalue weighted by Crippen LogP contribution is -2.05. The van der Waals surface area contributed by atoms with E-state index in [0.29, 0.717) is 19.4 Å². The summed E-state index contributed by atoms with van der Waals surface area (Å²) in [5.74, 6) is 0.0585. The zero-order valence-electron chi connectivity index (χ0n) is 24.1. The van der Waals surface area contributed by atoms with Crippen LogP contribution in [0.4, 0.5) is 0 Å². The molecule has 0 radical (unpaired) electrons. The summed E-state index contributed by atoms with van der Waals surface area (Å²) in [5, 5.41) is 8.44. The minimum atomic E-state index is -0.658. The van der Waals surface area contributed by atoms with Gasteiger partial charge in [-0.3, -0.25) is 9.59 Å². The number of carbonyl (C=O) groups excluding carboxylic acids is 1. The van der Waals surface area contributed by atoms with Crippen molar-refractivity contribution in [2.45, 2.75) is 174 Å². The van der Waals surface area contributed by atoms with Crippen molar-refractivity contribution in [3.63, 3.8) is 0 Å². The predicted octanol–water partition coefficient (Wildman–Crippen LogP) is 10.6. The van der Waals surface area contributed by atoms with Crippen LogP contribution >= 0.6 is 11.6 Å². The van der Waals surface area contributed by atoms with Crippen LogP contribution < -0.4 is 0 Å². The molecule has 0 atom stereocenters. The van der Waals surface area contributed by atoms with Gasteiger partial charge in [-0.1, -0.05) is 136 Å². The van der Waals surface area contributed by atoms with Gasteiger partial charge in [-0.05, 0) is 25.7 Å². The second kappa shape index (κ2) is 34.2. The lowest BCUT2D eigenvalue weighted by Gasteiger charge is -2.05. The van der Waals surface area contributed by atoms with E-state index in [4.69, 9.17) is 21.4 Å². The second-order valence-corrected chi connectivity index (χ2v) is 10.6. The third kappa shape index (κ3) is 37.8. The van der Waals surface area contributed by atoms with E-state index >= 15 is 0 Å². The quantitative estimate of drug-likeness (QED) is 0.0648. The number of carbonyl (C=O) groups is 2. The van der Waals surface area contributed by atoms with Crippen LogP contribution in [0.2, 0.25) is 0 Å². The summed E-state index contributed by atoms with van der Waals surface area (Å²) in [6.45, 7) is 5.07. The average molecular weight is 533 g/mol. The highest BCUT2D eigenvalue weighted by Gasteiger charge is 2.02. The normalized spacial score (nSPS) is 10.6. The molecule has 216 valence electrons. The fraction of sp³-hybridized carbons (Fsp3) is 0.935. The van der Waals surface area contributed by atoms with Crippen LogP contribution in [0.5, 0.6) is 0 Å². The van der Waals surface area contributed by atoms with E-state index in [2.05, 4.69) is 13.8 Å². The molecule has 0 aliphatic rings. The highest BCUT2D eigenvalue weighted by Crippen LogP contribution is 2.12. The fourth-order valence-corrected chi connectivity index (χ4v) is 4.34. The smallest absolute Gasteiger partial charge is 0.305 e. The molecule has 0 aliphatic heterocycles. The summed E-state index contributed by atoms with van der Waals surface area (Å²) in [7, 11) is 0. The van der Waals surface area contributed by atoms with Crippen LogP contribution in [0.25, 0.3) is 0 Å². The maximum atomic E-state index is 11.5. The van der Waals surface area contributed by atoms with Gasteiger partial charge in [0.2, 0.25) is 0 Å². The molecular formula is C31H61ClO4. The summed E-state index contributed by atoms with van der Waals surface area (Å²) in [4.78, 5) is 21.7. The molecule has 1 N–H and O–H groups in total. The number of unbranched alkanes of at least 4 members (excludes halogenated alkanes) is 20. The largest absolute Gasteiger partial charge is 0.481 e. The number of carboxylic acid groups (broad SMARTS) is 1. The van der Waals surface area contributed by atoms with Crippen LogP contribution in [-0.2, 0) is 14.3 Å². The molecule has 0 bridgehead atoms. The Labute approximate surface area is 229 Å². The molecule has 5 heteroatoms. The third-order valence-electron chi connectivity index (χ3n) is 6.52. The number of esters is 1. The van der Waals surface area contributed by atoms with Gasteiger partial charge in [0.15, 0.2) is 0 Å². The van der Waals surface area contributed by atoms with Gasteiger partial charge in [0.25, 0.3) is 0 Å². The van der Waals surface area contributed by atoms with Crippen molar-refractivity contribution < 1.29 is 19.4 Å². The van der Waals surface area contributed by atoms with Gasteiger partial charge >= 0.3 is 11.9 Å². The number of aliphatic carboxylic acids is 1. The van der Waals surface area contributed by atoms with Gasteiger partial charge in [-0.2, -0.15) is 0 Å². The Morgan fingerprint density at radius 3 is 1.31 bits per heavy atom. The molecule has 0 saturated carbocycles. The van der Waals surface area contributed by atoms with Crippen LogP contribution in [0, 0.1) is 0 Å². The van der Waals surface area contributed by atoms with E-state index in [1.165, 1.54) is 103 Å². The monoisotopic (exact) mass is 532 g/mol. The lowest BCUT2D eigenvalue weighted by molar-refractivity contribution is -0.144. The lowest BCUT2D eigenvalue weighted by atomic mass is 10.1. The third-order valence-corrected chi connectivity index (χ3v) is 6.79. The molecule has 0 amide bonds. The molecule has 0 spiro atoms. The summed E-state index contributed by atoms with van der Waals surface area (Å²) in [5.41, 5.74) is 0. The summed E-state index contributed by atoms with van der Waals surface area (Å²) in [6.07, 6.45) is 29.3. The second-order valence-electron chi connectivity index (χ2n) is 10.2. The molecule has 0 fully saturated rings. The van der Waals surface area contributed by atoms with Gasteiger partial charge in [0.1, 0.15) is 0 Å². The van der Waals surface area contributed by atoms with E-state index in [9.17, 15) is 9.59 Å². The molecule has 0 unspecified atom stereocenters. The average Bonchev–Trinajstić information content (AvgIpc) is 2.86. The first kappa shape index (κ1) is 37.4. The molecular weight excluding hydrogens is 472 g/mol. The predicted molar refractivity (Wildman–Crippen MR) is 156 cm³/mol. The number of alkyl halides is 1. The topological polar surface area (TPSA) is 63.6 Å². The van der Waals surface area contributed by atoms with E-state index in [1.807, 2.05) is 0 Å². The Morgan fingerprint density at radius 1 is 0.528 bits per heavy atom. The summed E-state index contributed by atoms with van der Waals surface area (Å²) < 4.78 is 5.22. The van der Waals surface area contributed by atoms with E-state index in [-0.39, 0.29) is 5.97 Å². The van der Waals surface area contributed by atoms with Crippen LogP contribution in [0.3, 0.4) is 0 Å². The van der Waals surface area contributed by atoms with Crippen molar-refractivity contribution in [2.75, 3.05) is 12.5 Å². The van der Waals surface area contributed by atoms with Crippen LogP contribution in [0.1, 0.15) is 174 Å². The molecule has 4 nitrogen and oxygen atoms in total. The Morgan fingerprint density at radius 2 is 0.889 bits per heavy atom. The fourth-order valence-electron chi connectivity index (χ4n) is 4.15. The van der Waals surface area contributed by atoms with Gasteiger partial charge in [0.05, 0.1) is 6.61 Å².